The number of aromatic nitrogens is 1. The summed E-state index contributed by atoms with van der Waals surface area (Å²) < 4.78 is 0. The maximum Gasteiger partial charge on any atom is 0.326 e. The molecule has 1 aromatic carbocycles. The topological polar surface area (TPSA) is 99.6 Å². The van der Waals surface area contributed by atoms with E-state index >= 15 is 0 Å². The molecule has 2 aliphatic heterocycles. The van der Waals surface area contributed by atoms with Gasteiger partial charge in [-0.15, -0.1) is 0 Å². The standard InChI is InChI=1S/C21H23N3O4/c25-19(18-15-7-3-1-5-13(15)11-12-22-18)23-16-8-4-2-6-14-9-10-17(21(27)28)24(14)20(16)26/h1,3,5,7,11-12,14,16-17H,2,4,6,8-10H2,(H,23,25)(H,27,28)/t14-,16-,17-/m0/s1. The van der Waals surface area contributed by atoms with Gasteiger partial charge in [0.1, 0.15) is 17.8 Å². The number of carbonyl (C=O) groups is 3. The van der Waals surface area contributed by atoms with E-state index < -0.39 is 24.0 Å². The van der Waals surface area contributed by atoms with Gasteiger partial charge in [0.15, 0.2) is 0 Å². The predicted molar refractivity (Wildman–Crippen MR) is 103 cm³/mol. The monoisotopic (exact) mass is 381 g/mol. The Morgan fingerprint density at radius 2 is 1.86 bits per heavy atom. The molecule has 0 spiro atoms. The van der Waals surface area contributed by atoms with Crippen LogP contribution in [0.3, 0.4) is 0 Å². The number of carboxylic acid groups (broad SMARTS) is 1. The summed E-state index contributed by atoms with van der Waals surface area (Å²) >= 11 is 0. The molecule has 1 aromatic heterocycles. The highest BCUT2D eigenvalue weighted by molar-refractivity contribution is 6.06. The van der Waals surface area contributed by atoms with E-state index in [1.165, 1.54) is 4.90 Å². The van der Waals surface area contributed by atoms with Gasteiger partial charge >= 0.3 is 5.97 Å². The Kier molecular flexibility index (Phi) is 4.98. The van der Waals surface area contributed by atoms with E-state index in [0.29, 0.717) is 19.3 Å². The lowest BCUT2D eigenvalue weighted by molar-refractivity contribution is -0.151. The summed E-state index contributed by atoms with van der Waals surface area (Å²) in [4.78, 5) is 43.4. The summed E-state index contributed by atoms with van der Waals surface area (Å²) in [5.41, 5.74) is 0.278. The first-order chi connectivity index (χ1) is 13.6. The Bertz CT molecular complexity index is 924. The average Bonchev–Trinajstić information content (AvgIpc) is 3.11. The Labute approximate surface area is 162 Å². The summed E-state index contributed by atoms with van der Waals surface area (Å²) in [7, 11) is 0. The summed E-state index contributed by atoms with van der Waals surface area (Å²) in [6.45, 7) is 0. The number of amides is 2. The highest BCUT2D eigenvalue weighted by Crippen LogP contribution is 2.31. The van der Waals surface area contributed by atoms with Gasteiger partial charge in [-0.1, -0.05) is 37.1 Å². The zero-order valence-electron chi connectivity index (χ0n) is 15.5. The number of aliphatic carboxylic acids is 1. The van der Waals surface area contributed by atoms with Gasteiger partial charge in [0.2, 0.25) is 5.91 Å². The van der Waals surface area contributed by atoms with E-state index in [1.54, 1.807) is 6.20 Å². The van der Waals surface area contributed by atoms with E-state index in [1.807, 2.05) is 30.3 Å². The second kappa shape index (κ2) is 7.58. The van der Waals surface area contributed by atoms with Crippen LogP contribution in [0.2, 0.25) is 0 Å². The van der Waals surface area contributed by atoms with Gasteiger partial charge in [-0.05, 0) is 37.1 Å². The predicted octanol–water partition coefficient (Wildman–Crippen LogP) is 2.35. The molecule has 2 N–H and O–H groups in total. The number of carboxylic acids is 1. The summed E-state index contributed by atoms with van der Waals surface area (Å²) in [5, 5.41) is 14.0. The van der Waals surface area contributed by atoms with Crippen molar-refractivity contribution >= 4 is 28.6 Å². The molecule has 7 nitrogen and oxygen atoms in total. The van der Waals surface area contributed by atoms with Crippen molar-refractivity contribution in [2.24, 2.45) is 0 Å². The molecule has 3 atom stereocenters. The fourth-order valence-electron chi connectivity index (χ4n) is 4.44. The minimum absolute atomic E-state index is 0.0519. The zero-order chi connectivity index (χ0) is 19.7. The average molecular weight is 381 g/mol. The van der Waals surface area contributed by atoms with Crippen molar-refractivity contribution in [2.75, 3.05) is 0 Å². The SMILES string of the molecule is O=C(N[C@H]1CCCC[C@H]2CC[C@@H](C(=O)O)N2C1=O)c1nccc2ccccc12. The van der Waals surface area contributed by atoms with E-state index in [4.69, 9.17) is 0 Å². The van der Waals surface area contributed by atoms with Gasteiger partial charge in [-0.3, -0.25) is 14.6 Å². The summed E-state index contributed by atoms with van der Waals surface area (Å²) in [6.07, 6.45) is 5.81. The molecule has 3 heterocycles. The van der Waals surface area contributed by atoms with E-state index in [-0.39, 0.29) is 17.6 Å². The summed E-state index contributed by atoms with van der Waals surface area (Å²) in [5.74, 6) is -1.67. The fraction of sp³-hybridized carbons (Fsp3) is 0.429. The molecule has 146 valence electrons. The van der Waals surface area contributed by atoms with E-state index in [0.717, 1.165) is 30.0 Å². The third kappa shape index (κ3) is 3.32. The van der Waals surface area contributed by atoms with Crippen LogP contribution in [0.5, 0.6) is 0 Å². The lowest BCUT2D eigenvalue weighted by Gasteiger charge is -2.34. The van der Waals surface area contributed by atoms with Gasteiger partial charge in [0.25, 0.3) is 5.91 Å². The first-order valence-corrected chi connectivity index (χ1v) is 9.76. The molecule has 2 aliphatic rings. The Morgan fingerprint density at radius 1 is 1.07 bits per heavy atom. The van der Waals surface area contributed by atoms with Crippen LogP contribution in [0.4, 0.5) is 0 Å². The number of benzene rings is 1. The van der Waals surface area contributed by atoms with Crippen LogP contribution in [0, 0.1) is 0 Å². The van der Waals surface area contributed by atoms with Crippen LogP contribution >= 0.6 is 0 Å². The largest absolute Gasteiger partial charge is 0.480 e. The second-order valence-corrected chi connectivity index (χ2v) is 7.52. The highest BCUT2D eigenvalue weighted by atomic mass is 16.4. The smallest absolute Gasteiger partial charge is 0.326 e. The fourth-order valence-corrected chi connectivity index (χ4v) is 4.44. The first kappa shape index (κ1) is 18.4. The number of hydrogen-bond donors (Lipinski definition) is 2. The van der Waals surface area contributed by atoms with Crippen LogP contribution < -0.4 is 5.32 Å². The maximum absolute atomic E-state index is 13.2. The molecule has 0 unspecified atom stereocenters. The molecule has 4 rings (SSSR count). The van der Waals surface area contributed by atoms with Gasteiger partial charge in [0, 0.05) is 17.6 Å². The first-order valence-electron chi connectivity index (χ1n) is 9.76. The lowest BCUT2D eigenvalue weighted by atomic mass is 9.98. The Balaban J connectivity index is 1.59. The number of rotatable bonds is 3. The molecule has 28 heavy (non-hydrogen) atoms. The molecule has 2 saturated heterocycles. The van der Waals surface area contributed by atoms with Crippen molar-refractivity contribution in [1.82, 2.24) is 15.2 Å². The molecule has 0 saturated carbocycles. The van der Waals surface area contributed by atoms with Crippen LogP contribution in [0.15, 0.2) is 36.5 Å². The molecule has 2 fully saturated rings. The number of nitrogens with zero attached hydrogens (tertiary/aromatic N) is 2. The zero-order valence-corrected chi connectivity index (χ0v) is 15.5. The van der Waals surface area contributed by atoms with Gasteiger partial charge in [0.05, 0.1) is 0 Å². The molecule has 2 amide bonds. The van der Waals surface area contributed by atoms with Crippen molar-refractivity contribution in [3.63, 3.8) is 0 Å². The van der Waals surface area contributed by atoms with E-state index in [2.05, 4.69) is 10.3 Å². The molecular formula is C21H23N3O4. The van der Waals surface area contributed by atoms with Gasteiger partial charge in [-0.25, -0.2) is 4.79 Å². The lowest BCUT2D eigenvalue weighted by Crippen LogP contribution is -2.55. The van der Waals surface area contributed by atoms with Crippen LogP contribution in [-0.4, -0.2) is 50.9 Å². The van der Waals surface area contributed by atoms with E-state index in [9.17, 15) is 19.5 Å². The number of fused-ring (bicyclic) bond motifs is 2. The second-order valence-electron chi connectivity index (χ2n) is 7.52. The van der Waals surface area contributed by atoms with Crippen molar-refractivity contribution in [2.45, 2.75) is 56.7 Å². The molecule has 0 bridgehead atoms. The number of nitrogens with one attached hydrogen (secondary N) is 1. The normalized spacial score (nSPS) is 25.1. The van der Waals surface area contributed by atoms with Gasteiger partial charge in [-0.2, -0.15) is 0 Å². The number of pyridine rings is 1. The molecule has 0 radical (unpaired) electrons. The third-order valence-corrected chi connectivity index (χ3v) is 5.81. The summed E-state index contributed by atoms with van der Waals surface area (Å²) in [6, 6.07) is 7.72. The van der Waals surface area contributed by atoms with Crippen LogP contribution in [0.25, 0.3) is 10.8 Å². The Hall–Kier alpha value is -2.96. The molecule has 0 aliphatic carbocycles. The maximum atomic E-state index is 13.2. The Morgan fingerprint density at radius 3 is 2.68 bits per heavy atom. The molecular weight excluding hydrogens is 358 g/mol. The van der Waals surface area contributed by atoms with Crippen LogP contribution in [-0.2, 0) is 9.59 Å². The van der Waals surface area contributed by atoms with Crippen molar-refractivity contribution in [3.05, 3.63) is 42.2 Å². The number of carbonyl (C=O) groups excluding carboxylic acids is 2. The van der Waals surface area contributed by atoms with Crippen molar-refractivity contribution < 1.29 is 19.5 Å². The quantitative estimate of drug-likeness (QED) is 0.850. The molecule has 2 aromatic rings. The third-order valence-electron chi connectivity index (χ3n) is 5.81. The van der Waals surface area contributed by atoms with Crippen LogP contribution in [0.1, 0.15) is 49.0 Å². The van der Waals surface area contributed by atoms with Crippen molar-refractivity contribution in [1.29, 1.82) is 0 Å². The minimum Gasteiger partial charge on any atom is -0.480 e. The number of hydrogen-bond acceptors (Lipinski definition) is 4. The molecule has 7 heteroatoms. The minimum atomic E-state index is -0.975. The highest BCUT2D eigenvalue weighted by Gasteiger charge is 2.44. The van der Waals surface area contributed by atoms with Crippen molar-refractivity contribution in [3.8, 4) is 0 Å². The van der Waals surface area contributed by atoms with Gasteiger partial charge < -0.3 is 15.3 Å².